The Labute approximate surface area is 169 Å². The van der Waals surface area contributed by atoms with E-state index in [1.54, 1.807) is 37.3 Å². The van der Waals surface area contributed by atoms with Gasteiger partial charge in [-0.3, -0.25) is 4.79 Å². The maximum absolute atomic E-state index is 12.0. The number of hydrogen-bond donors (Lipinski definition) is 1. The van der Waals surface area contributed by atoms with Gasteiger partial charge in [-0.25, -0.2) is 13.4 Å². The van der Waals surface area contributed by atoms with Crippen molar-refractivity contribution >= 4 is 21.6 Å². The molecular formula is C19H21N5O4S. The van der Waals surface area contributed by atoms with Crippen molar-refractivity contribution in [3.05, 3.63) is 60.7 Å². The fourth-order valence-corrected chi connectivity index (χ4v) is 2.80. The average Bonchev–Trinajstić information content (AvgIpc) is 3.17. The van der Waals surface area contributed by atoms with Crippen LogP contribution in [-0.4, -0.2) is 53.0 Å². The Hall–Kier alpha value is -3.24. The molecule has 152 valence electrons. The van der Waals surface area contributed by atoms with Crippen LogP contribution in [-0.2, 0) is 14.8 Å². The molecule has 2 heterocycles. The highest BCUT2D eigenvalue weighted by Crippen LogP contribution is 2.23. The van der Waals surface area contributed by atoms with E-state index in [2.05, 4.69) is 15.3 Å². The maximum atomic E-state index is 12.0. The number of rotatable bonds is 7. The molecule has 10 heteroatoms. The number of anilines is 1. The summed E-state index contributed by atoms with van der Waals surface area (Å²) in [6, 6.07) is 12.2. The number of sulfonamides is 1. The van der Waals surface area contributed by atoms with Crippen LogP contribution < -0.4 is 10.1 Å². The van der Waals surface area contributed by atoms with Gasteiger partial charge in [0.1, 0.15) is 17.4 Å². The van der Waals surface area contributed by atoms with Crippen molar-refractivity contribution in [3.8, 4) is 17.4 Å². The number of nitrogens with zero attached hydrogens (tertiary/aromatic N) is 4. The summed E-state index contributed by atoms with van der Waals surface area (Å²) in [5.74, 6) is 1.76. The molecule has 0 aliphatic heterocycles. The third kappa shape index (κ3) is 5.62. The quantitative estimate of drug-likeness (QED) is 0.634. The second kappa shape index (κ2) is 8.41. The maximum Gasteiger partial charge on any atom is 0.239 e. The summed E-state index contributed by atoms with van der Waals surface area (Å²) >= 11 is 0. The third-order valence-electron chi connectivity index (χ3n) is 3.96. The molecule has 0 radical (unpaired) electrons. The normalized spacial score (nSPS) is 11.4. The van der Waals surface area contributed by atoms with E-state index in [0.717, 1.165) is 10.6 Å². The van der Waals surface area contributed by atoms with E-state index in [0.29, 0.717) is 29.0 Å². The fourth-order valence-electron chi connectivity index (χ4n) is 2.44. The number of hydrogen-bond acceptors (Lipinski definition) is 6. The molecule has 0 unspecified atom stereocenters. The molecule has 0 spiro atoms. The molecule has 0 aliphatic rings. The van der Waals surface area contributed by atoms with Crippen LogP contribution in [0.4, 0.5) is 5.69 Å². The lowest BCUT2D eigenvalue weighted by Crippen LogP contribution is -2.34. The highest BCUT2D eigenvalue weighted by Gasteiger charge is 2.15. The molecule has 9 nitrogen and oxygen atoms in total. The number of aromatic nitrogens is 3. The number of likely N-dealkylation sites (N-methyl/N-ethyl adjacent to an activating group) is 1. The zero-order valence-corrected chi connectivity index (χ0v) is 17.0. The van der Waals surface area contributed by atoms with E-state index >= 15 is 0 Å². The molecular weight excluding hydrogens is 394 g/mol. The lowest BCUT2D eigenvalue weighted by molar-refractivity contribution is -0.116. The van der Waals surface area contributed by atoms with E-state index in [1.807, 2.05) is 29.1 Å². The van der Waals surface area contributed by atoms with Gasteiger partial charge in [-0.1, -0.05) is 0 Å². The van der Waals surface area contributed by atoms with Gasteiger partial charge in [0.25, 0.3) is 0 Å². The molecule has 0 saturated carbocycles. The van der Waals surface area contributed by atoms with Crippen LogP contribution in [0.5, 0.6) is 11.6 Å². The molecule has 0 fully saturated rings. The zero-order chi connectivity index (χ0) is 21.0. The largest absolute Gasteiger partial charge is 0.439 e. The molecule has 0 saturated heterocycles. The number of amides is 1. The first-order chi connectivity index (χ1) is 13.7. The Bertz CT molecular complexity index is 1100. The zero-order valence-electron chi connectivity index (χ0n) is 16.2. The van der Waals surface area contributed by atoms with Crippen molar-refractivity contribution in [1.82, 2.24) is 18.8 Å². The van der Waals surface area contributed by atoms with Crippen molar-refractivity contribution in [1.29, 1.82) is 0 Å². The Balaban J connectivity index is 1.66. The number of carbonyl (C=O) groups is 1. The van der Waals surface area contributed by atoms with Crippen molar-refractivity contribution < 1.29 is 17.9 Å². The summed E-state index contributed by atoms with van der Waals surface area (Å²) in [6.07, 6.45) is 4.80. The molecule has 0 atom stereocenters. The summed E-state index contributed by atoms with van der Waals surface area (Å²) in [6.45, 7) is 1.52. The van der Waals surface area contributed by atoms with Gasteiger partial charge >= 0.3 is 0 Å². The van der Waals surface area contributed by atoms with Crippen LogP contribution >= 0.6 is 0 Å². The Morgan fingerprint density at radius 2 is 1.83 bits per heavy atom. The monoisotopic (exact) mass is 415 g/mol. The predicted molar refractivity (Wildman–Crippen MR) is 109 cm³/mol. The van der Waals surface area contributed by atoms with Gasteiger partial charge in [0.15, 0.2) is 0 Å². The van der Waals surface area contributed by atoms with Crippen molar-refractivity contribution in [2.75, 3.05) is 25.2 Å². The van der Waals surface area contributed by atoms with Gasteiger partial charge in [-0.2, -0.15) is 9.29 Å². The van der Waals surface area contributed by atoms with E-state index in [9.17, 15) is 13.2 Å². The predicted octanol–water partition coefficient (Wildman–Crippen LogP) is 2.20. The third-order valence-corrected chi connectivity index (χ3v) is 5.22. The Morgan fingerprint density at radius 3 is 2.45 bits per heavy atom. The molecule has 29 heavy (non-hydrogen) atoms. The topological polar surface area (TPSA) is 106 Å². The molecule has 2 aromatic heterocycles. The second-order valence-electron chi connectivity index (χ2n) is 6.40. The highest BCUT2D eigenvalue weighted by molar-refractivity contribution is 7.88. The highest BCUT2D eigenvalue weighted by atomic mass is 32.2. The number of carbonyl (C=O) groups excluding carboxylic acids is 1. The standard InChI is InChI=1S/C19H21N5O4S/c1-14-20-17(24-10-4-5-11-24)12-19(21-14)28-16-8-6-15(7-9-16)22-18(25)13-23(2)29(3,26)27/h4-12H,13H2,1-3H3,(H,22,25). The summed E-state index contributed by atoms with van der Waals surface area (Å²) in [7, 11) is -2.07. The van der Waals surface area contributed by atoms with Crippen LogP contribution in [0, 0.1) is 6.92 Å². The van der Waals surface area contributed by atoms with Gasteiger partial charge in [0.2, 0.25) is 21.8 Å². The van der Waals surface area contributed by atoms with E-state index in [1.165, 1.54) is 7.05 Å². The van der Waals surface area contributed by atoms with Crippen LogP contribution in [0.25, 0.3) is 5.82 Å². The first-order valence-corrected chi connectivity index (χ1v) is 10.5. The van der Waals surface area contributed by atoms with Crippen LogP contribution in [0.2, 0.25) is 0 Å². The SMILES string of the molecule is Cc1nc(Oc2ccc(NC(=O)CN(C)S(C)(=O)=O)cc2)cc(-n2cccc2)n1. The van der Waals surface area contributed by atoms with Crippen molar-refractivity contribution in [2.45, 2.75) is 6.92 Å². The minimum absolute atomic E-state index is 0.264. The fraction of sp³-hybridized carbons (Fsp3) is 0.211. The molecule has 0 bridgehead atoms. The van der Waals surface area contributed by atoms with Crippen molar-refractivity contribution in [2.24, 2.45) is 0 Å². The molecule has 3 aromatic rings. The molecule has 1 N–H and O–H groups in total. The van der Waals surface area contributed by atoms with E-state index < -0.39 is 15.9 Å². The number of aryl methyl sites for hydroxylation is 1. The van der Waals surface area contributed by atoms with Crippen molar-refractivity contribution in [3.63, 3.8) is 0 Å². The minimum atomic E-state index is -3.42. The van der Waals surface area contributed by atoms with Gasteiger partial charge in [-0.15, -0.1) is 0 Å². The van der Waals surface area contributed by atoms with E-state index in [-0.39, 0.29) is 6.54 Å². The lowest BCUT2D eigenvalue weighted by Gasteiger charge is -2.14. The first-order valence-electron chi connectivity index (χ1n) is 8.69. The van der Waals surface area contributed by atoms with E-state index in [4.69, 9.17) is 4.74 Å². The summed E-state index contributed by atoms with van der Waals surface area (Å²) in [5, 5.41) is 2.64. The number of ether oxygens (including phenoxy) is 1. The molecule has 1 amide bonds. The molecule has 1 aromatic carbocycles. The van der Waals surface area contributed by atoms with Gasteiger partial charge in [-0.05, 0) is 43.3 Å². The number of nitrogens with one attached hydrogen (secondary N) is 1. The average molecular weight is 415 g/mol. The summed E-state index contributed by atoms with van der Waals surface area (Å²) in [5.41, 5.74) is 0.524. The Morgan fingerprint density at radius 1 is 1.17 bits per heavy atom. The first kappa shape index (κ1) is 20.5. The molecule has 0 aliphatic carbocycles. The summed E-state index contributed by atoms with van der Waals surface area (Å²) < 4.78 is 31.4. The van der Waals surface area contributed by atoms with Crippen LogP contribution in [0.1, 0.15) is 5.82 Å². The van der Waals surface area contributed by atoms with Crippen LogP contribution in [0.15, 0.2) is 54.9 Å². The van der Waals surface area contributed by atoms with Crippen LogP contribution in [0.3, 0.4) is 0 Å². The number of benzene rings is 1. The smallest absolute Gasteiger partial charge is 0.239 e. The summed E-state index contributed by atoms with van der Waals surface area (Å²) in [4.78, 5) is 20.6. The lowest BCUT2D eigenvalue weighted by atomic mass is 10.3. The van der Waals surface area contributed by atoms with Gasteiger partial charge in [0, 0.05) is 31.2 Å². The Kier molecular flexibility index (Phi) is 5.95. The minimum Gasteiger partial charge on any atom is -0.439 e. The second-order valence-corrected chi connectivity index (χ2v) is 8.48. The van der Waals surface area contributed by atoms with Gasteiger partial charge < -0.3 is 14.6 Å². The van der Waals surface area contributed by atoms with Gasteiger partial charge in [0.05, 0.1) is 12.8 Å². The molecule has 3 rings (SSSR count).